The van der Waals surface area contributed by atoms with E-state index in [0.717, 1.165) is 0 Å². The van der Waals surface area contributed by atoms with Crippen molar-refractivity contribution in [3.63, 3.8) is 0 Å². The number of benzene rings is 1. The highest BCUT2D eigenvalue weighted by Crippen LogP contribution is 2.23. The van der Waals surface area contributed by atoms with Gasteiger partial charge in [0.25, 0.3) is 0 Å². The van der Waals surface area contributed by atoms with Gasteiger partial charge in [0.15, 0.2) is 0 Å². The van der Waals surface area contributed by atoms with Crippen LogP contribution in [-0.4, -0.2) is 12.1 Å². The standard InChI is InChI=1S/C10H11BrFNO2/c1-5(2)15-10(14)7-3-6(11)4-8(12)9(7)13/h3-5H,13H2,1-2H3. The molecule has 0 unspecified atom stereocenters. The third-order valence-electron chi connectivity index (χ3n) is 1.66. The van der Waals surface area contributed by atoms with Gasteiger partial charge in [-0.1, -0.05) is 15.9 Å². The van der Waals surface area contributed by atoms with Crippen LogP contribution in [-0.2, 0) is 4.74 Å². The second-order valence-corrected chi connectivity index (χ2v) is 4.22. The molecule has 15 heavy (non-hydrogen) atoms. The van der Waals surface area contributed by atoms with Crippen molar-refractivity contribution in [2.75, 3.05) is 5.73 Å². The zero-order valence-electron chi connectivity index (χ0n) is 8.38. The van der Waals surface area contributed by atoms with Gasteiger partial charge in [-0.3, -0.25) is 0 Å². The Labute approximate surface area is 95.5 Å². The summed E-state index contributed by atoms with van der Waals surface area (Å²) in [6.07, 6.45) is -0.265. The predicted octanol–water partition coefficient (Wildman–Crippen LogP) is 2.74. The summed E-state index contributed by atoms with van der Waals surface area (Å²) in [5, 5.41) is 0. The van der Waals surface area contributed by atoms with Crippen LogP contribution in [0.3, 0.4) is 0 Å². The Kier molecular flexibility index (Phi) is 3.68. The maximum absolute atomic E-state index is 13.2. The van der Waals surface area contributed by atoms with Gasteiger partial charge in [-0.2, -0.15) is 0 Å². The highest BCUT2D eigenvalue weighted by atomic mass is 79.9. The molecule has 0 saturated heterocycles. The van der Waals surface area contributed by atoms with Crippen LogP contribution >= 0.6 is 15.9 Å². The molecule has 0 aliphatic heterocycles. The van der Waals surface area contributed by atoms with Crippen LogP contribution in [0.5, 0.6) is 0 Å². The van der Waals surface area contributed by atoms with Crippen molar-refractivity contribution in [3.8, 4) is 0 Å². The molecule has 0 spiro atoms. The van der Waals surface area contributed by atoms with E-state index in [0.29, 0.717) is 4.47 Å². The lowest BCUT2D eigenvalue weighted by Gasteiger charge is -2.10. The Morgan fingerprint density at radius 1 is 1.53 bits per heavy atom. The Bertz CT molecular complexity index is 393. The van der Waals surface area contributed by atoms with E-state index in [-0.39, 0.29) is 17.4 Å². The maximum atomic E-state index is 13.2. The number of nitrogen functional groups attached to an aromatic ring is 1. The number of halogens is 2. The molecule has 1 aromatic carbocycles. The van der Waals surface area contributed by atoms with Crippen LogP contribution in [0.2, 0.25) is 0 Å². The molecule has 0 radical (unpaired) electrons. The van der Waals surface area contributed by atoms with Gasteiger partial charge in [0.1, 0.15) is 5.82 Å². The average Bonchev–Trinajstić information content (AvgIpc) is 2.09. The van der Waals surface area contributed by atoms with Gasteiger partial charge in [0.2, 0.25) is 0 Å². The SMILES string of the molecule is CC(C)OC(=O)c1cc(Br)cc(F)c1N. The summed E-state index contributed by atoms with van der Waals surface area (Å²) in [7, 11) is 0. The number of hydrogen-bond donors (Lipinski definition) is 1. The van der Waals surface area contributed by atoms with Gasteiger partial charge in [0.05, 0.1) is 17.4 Å². The monoisotopic (exact) mass is 275 g/mol. The van der Waals surface area contributed by atoms with Crippen molar-refractivity contribution in [1.82, 2.24) is 0 Å². The van der Waals surface area contributed by atoms with Gasteiger partial charge >= 0.3 is 5.97 Å². The molecular formula is C10H11BrFNO2. The molecule has 1 aromatic rings. The van der Waals surface area contributed by atoms with E-state index in [1.807, 2.05) is 0 Å². The van der Waals surface area contributed by atoms with Crippen molar-refractivity contribution < 1.29 is 13.9 Å². The van der Waals surface area contributed by atoms with Gasteiger partial charge in [0, 0.05) is 4.47 Å². The summed E-state index contributed by atoms with van der Waals surface area (Å²) in [5.41, 5.74) is 5.28. The van der Waals surface area contributed by atoms with E-state index in [9.17, 15) is 9.18 Å². The quantitative estimate of drug-likeness (QED) is 0.667. The molecule has 0 aromatic heterocycles. The molecule has 0 atom stereocenters. The first-order valence-corrected chi connectivity index (χ1v) is 5.16. The van der Waals surface area contributed by atoms with Crippen molar-refractivity contribution >= 4 is 27.6 Å². The molecular weight excluding hydrogens is 265 g/mol. The number of esters is 1. The summed E-state index contributed by atoms with van der Waals surface area (Å²) in [6, 6.07) is 2.63. The third kappa shape index (κ3) is 2.92. The fourth-order valence-corrected chi connectivity index (χ4v) is 1.46. The lowest BCUT2D eigenvalue weighted by molar-refractivity contribution is 0.0378. The molecule has 0 amide bonds. The molecule has 3 nitrogen and oxygen atoms in total. The highest BCUT2D eigenvalue weighted by Gasteiger charge is 2.16. The molecule has 0 bridgehead atoms. The summed E-state index contributed by atoms with van der Waals surface area (Å²) in [4.78, 5) is 11.5. The number of anilines is 1. The molecule has 1 rings (SSSR count). The van der Waals surface area contributed by atoms with Crippen molar-refractivity contribution in [3.05, 3.63) is 28.0 Å². The smallest absolute Gasteiger partial charge is 0.340 e. The Morgan fingerprint density at radius 2 is 2.13 bits per heavy atom. The highest BCUT2D eigenvalue weighted by molar-refractivity contribution is 9.10. The van der Waals surface area contributed by atoms with Crippen LogP contribution in [0.1, 0.15) is 24.2 Å². The largest absolute Gasteiger partial charge is 0.459 e. The molecule has 0 heterocycles. The number of carbonyl (C=O) groups is 1. The molecule has 0 aliphatic rings. The van der Waals surface area contributed by atoms with E-state index in [4.69, 9.17) is 10.5 Å². The van der Waals surface area contributed by atoms with Crippen molar-refractivity contribution in [1.29, 1.82) is 0 Å². The van der Waals surface area contributed by atoms with E-state index < -0.39 is 11.8 Å². The first kappa shape index (κ1) is 12.0. The maximum Gasteiger partial charge on any atom is 0.340 e. The zero-order chi connectivity index (χ0) is 11.6. The fourth-order valence-electron chi connectivity index (χ4n) is 1.03. The van der Waals surface area contributed by atoms with E-state index in [1.54, 1.807) is 13.8 Å². The number of carbonyl (C=O) groups excluding carboxylic acids is 1. The topological polar surface area (TPSA) is 52.3 Å². The van der Waals surface area contributed by atoms with Crippen molar-refractivity contribution in [2.24, 2.45) is 0 Å². The number of nitrogens with two attached hydrogens (primary N) is 1. The van der Waals surface area contributed by atoms with Crippen LogP contribution in [0.4, 0.5) is 10.1 Å². The summed E-state index contributed by atoms with van der Waals surface area (Å²) < 4.78 is 18.5. The van der Waals surface area contributed by atoms with Crippen LogP contribution in [0.15, 0.2) is 16.6 Å². The Morgan fingerprint density at radius 3 is 2.67 bits per heavy atom. The van der Waals surface area contributed by atoms with Gasteiger partial charge in [-0.25, -0.2) is 9.18 Å². The average molecular weight is 276 g/mol. The van der Waals surface area contributed by atoms with Gasteiger partial charge < -0.3 is 10.5 Å². The second kappa shape index (κ2) is 4.61. The minimum atomic E-state index is -0.639. The number of rotatable bonds is 2. The Balaban J connectivity index is 3.08. The minimum absolute atomic E-state index is 0.0376. The predicted molar refractivity (Wildman–Crippen MR) is 59.1 cm³/mol. The first-order valence-electron chi connectivity index (χ1n) is 4.37. The van der Waals surface area contributed by atoms with Crippen LogP contribution in [0, 0.1) is 5.82 Å². The van der Waals surface area contributed by atoms with Crippen LogP contribution < -0.4 is 5.73 Å². The summed E-state index contributed by atoms with van der Waals surface area (Å²) >= 11 is 3.08. The molecule has 0 saturated carbocycles. The van der Waals surface area contributed by atoms with Crippen LogP contribution in [0.25, 0.3) is 0 Å². The van der Waals surface area contributed by atoms with Crippen molar-refractivity contribution in [2.45, 2.75) is 20.0 Å². The molecule has 0 fully saturated rings. The molecule has 82 valence electrons. The Hall–Kier alpha value is -1.10. The van der Waals surface area contributed by atoms with E-state index in [2.05, 4.69) is 15.9 Å². The lowest BCUT2D eigenvalue weighted by atomic mass is 10.2. The third-order valence-corrected chi connectivity index (χ3v) is 2.11. The summed E-state index contributed by atoms with van der Waals surface area (Å²) in [5.74, 6) is -1.26. The molecule has 2 N–H and O–H groups in total. The zero-order valence-corrected chi connectivity index (χ0v) is 9.97. The lowest BCUT2D eigenvalue weighted by Crippen LogP contribution is -2.14. The minimum Gasteiger partial charge on any atom is -0.459 e. The summed E-state index contributed by atoms with van der Waals surface area (Å²) in [6.45, 7) is 3.42. The first-order chi connectivity index (χ1) is 6.91. The normalized spacial score (nSPS) is 10.5. The van der Waals surface area contributed by atoms with E-state index >= 15 is 0 Å². The second-order valence-electron chi connectivity index (χ2n) is 3.30. The molecule has 0 aliphatic carbocycles. The fraction of sp³-hybridized carbons (Fsp3) is 0.300. The van der Waals surface area contributed by atoms with Gasteiger partial charge in [-0.05, 0) is 26.0 Å². The number of hydrogen-bond acceptors (Lipinski definition) is 3. The number of ether oxygens (including phenoxy) is 1. The van der Waals surface area contributed by atoms with E-state index in [1.165, 1.54) is 12.1 Å². The van der Waals surface area contributed by atoms with Gasteiger partial charge in [-0.15, -0.1) is 0 Å². The molecule has 5 heteroatoms.